The van der Waals surface area contributed by atoms with Gasteiger partial charge in [0.15, 0.2) is 0 Å². The molecule has 94 valence electrons. The van der Waals surface area contributed by atoms with E-state index in [4.69, 9.17) is 0 Å². The van der Waals surface area contributed by atoms with Crippen molar-refractivity contribution in [3.8, 4) is 0 Å². The van der Waals surface area contributed by atoms with E-state index >= 15 is 0 Å². The molecule has 2 rings (SSSR count). The minimum atomic E-state index is -4.25. The summed E-state index contributed by atoms with van der Waals surface area (Å²) in [5.41, 5.74) is 0.723. The summed E-state index contributed by atoms with van der Waals surface area (Å²) in [4.78, 5) is 0. The standard InChI is InChI=1S/C13H16F3N/c1-9-11(10-4-3-7-17-8-10)5-2-6-12(9)13(14,15)16/h2,5-6,10,17H,3-4,7-8H2,1H3. The van der Waals surface area contributed by atoms with Crippen molar-refractivity contribution in [3.05, 3.63) is 34.9 Å². The topological polar surface area (TPSA) is 12.0 Å². The van der Waals surface area contributed by atoms with Gasteiger partial charge in [0.05, 0.1) is 5.56 Å². The van der Waals surface area contributed by atoms with E-state index in [-0.39, 0.29) is 5.92 Å². The number of halogens is 3. The lowest BCUT2D eigenvalue weighted by Crippen LogP contribution is -2.29. The Balaban J connectivity index is 2.35. The first-order chi connectivity index (χ1) is 8.00. The van der Waals surface area contributed by atoms with Crippen LogP contribution in [-0.2, 0) is 6.18 Å². The maximum atomic E-state index is 12.8. The lowest BCUT2D eigenvalue weighted by Gasteiger charge is -2.25. The SMILES string of the molecule is Cc1c(C2CCCNC2)cccc1C(F)(F)F. The summed E-state index contributed by atoms with van der Waals surface area (Å²) in [7, 11) is 0. The largest absolute Gasteiger partial charge is 0.416 e. The van der Waals surface area contributed by atoms with Gasteiger partial charge < -0.3 is 5.32 Å². The third kappa shape index (κ3) is 2.63. The van der Waals surface area contributed by atoms with Crippen LogP contribution in [0.4, 0.5) is 13.2 Å². The molecule has 1 unspecified atom stereocenters. The number of nitrogens with one attached hydrogen (secondary N) is 1. The van der Waals surface area contributed by atoms with Crippen molar-refractivity contribution in [2.24, 2.45) is 0 Å². The average molecular weight is 243 g/mol. The molecule has 0 spiro atoms. The summed E-state index contributed by atoms with van der Waals surface area (Å²) in [6.07, 6.45) is -2.25. The average Bonchev–Trinajstić information content (AvgIpc) is 2.29. The van der Waals surface area contributed by atoms with Gasteiger partial charge >= 0.3 is 6.18 Å². The smallest absolute Gasteiger partial charge is 0.316 e. The van der Waals surface area contributed by atoms with E-state index < -0.39 is 11.7 Å². The van der Waals surface area contributed by atoms with E-state index in [1.54, 1.807) is 6.92 Å². The van der Waals surface area contributed by atoms with Crippen LogP contribution in [0.25, 0.3) is 0 Å². The second-order valence-corrected chi connectivity index (χ2v) is 4.56. The number of alkyl halides is 3. The molecule has 1 aliphatic rings. The van der Waals surface area contributed by atoms with Crippen LogP contribution in [0.5, 0.6) is 0 Å². The maximum Gasteiger partial charge on any atom is 0.416 e. The van der Waals surface area contributed by atoms with E-state index in [2.05, 4.69) is 5.32 Å². The van der Waals surface area contributed by atoms with Crippen LogP contribution in [0.2, 0.25) is 0 Å². The highest BCUT2D eigenvalue weighted by molar-refractivity contribution is 5.38. The molecular weight excluding hydrogens is 227 g/mol. The molecule has 17 heavy (non-hydrogen) atoms. The van der Waals surface area contributed by atoms with E-state index in [9.17, 15) is 13.2 Å². The van der Waals surface area contributed by atoms with Gasteiger partial charge in [-0.3, -0.25) is 0 Å². The molecule has 1 aliphatic heterocycles. The summed E-state index contributed by atoms with van der Waals surface area (Å²) in [5.74, 6) is 0.214. The van der Waals surface area contributed by atoms with Crippen LogP contribution in [-0.4, -0.2) is 13.1 Å². The lowest BCUT2D eigenvalue weighted by atomic mass is 9.87. The Bertz CT molecular complexity index is 392. The van der Waals surface area contributed by atoms with Gasteiger partial charge in [0.2, 0.25) is 0 Å². The summed E-state index contributed by atoms with van der Waals surface area (Å²) in [6, 6.07) is 4.50. The van der Waals surface area contributed by atoms with Gasteiger partial charge in [-0.1, -0.05) is 12.1 Å². The summed E-state index contributed by atoms with van der Waals surface area (Å²) < 4.78 is 38.3. The van der Waals surface area contributed by atoms with Crippen LogP contribution in [0.1, 0.15) is 35.4 Å². The summed E-state index contributed by atoms with van der Waals surface area (Å²) in [6.45, 7) is 3.32. The van der Waals surface area contributed by atoms with Crippen molar-refractivity contribution in [2.75, 3.05) is 13.1 Å². The molecule has 1 nitrogen and oxygen atoms in total. The number of hydrogen-bond donors (Lipinski definition) is 1. The Kier molecular flexibility index (Phi) is 3.43. The minimum Gasteiger partial charge on any atom is -0.316 e. The Morgan fingerprint density at radius 3 is 2.65 bits per heavy atom. The molecule has 1 N–H and O–H groups in total. The van der Waals surface area contributed by atoms with Gasteiger partial charge in [0.1, 0.15) is 0 Å². The first-order valence-corrected chi connectivity index (χ1v) is 5.87. The quantitative estimate of drug-likeness (QED) is 0.796. The molecule has 0 bridgehead atoms. The molecule has 1 aromatic rings. The molecule has 1 heterocycles. The van der Waals surface area contributed by atoms with Crippen molar-refractivity contribution >= 4 is 0 Å². The zero-order chi connectivity index (χ0) is 12.5. The maximum absolute atomic E-state index is 12.8. The first-order valence-electron chi connectivity index (χ1n) is 5.87. The predicted molar refractivity (Wildman–Crippen MR) is 61.0 cm³/mol. The fourth-order valence-electron chi connectivity index (χ4n) is 2.52. The second-order valence-electron chi connectivity index (χ2n) is 4.56. The summed E-state index contributed by atoms with van der Waals surface area (Å²) >= 11 is 0. The Morgan fingerprint density at radius 2 is 2.06 bits per heavy atom. The molecular formula is C13H16F3N. The molecule has 0 amide bonds. The van der Waals surface area contributed by atoms with Crippen LogP contribution >= 0.6 is 0 Å². The van der Waals surface area contributed by atoms with Gasteiger partial charge in [0.25, 0.3) is 0 Å². The molecule has 1 aromatic carbocycles. The molecule has 1 atom stereocenters. The molecule has 0 saturated carbocycles. The molecule has 1 fully saturated rings. The number of piperidine rings is 1. The van der Waals surface area contributed by atoms with Gasteiger partial charge in [0, 0.05) is 6.54 Å². The molecule has 0 aliphatic carbocycles. The van der Waals surface area contributed by atoms with Crippen LogP contribution in [0.3, 0.4) is 0 Å². The first kappa shape index (κ1) is 12.4. The Morgan fingerprint density at radius 1 is 1.29 bits per heavy atom. The van der Waals surface area contributed by atoms with E-state index in [0.717, 1.165) is 37.6 Å². The zero-order valence-corrected chi connectivity index (χ0v) is 9.77. The molecule has 1 saturated heterocycles. The Labute approximate surface area is 99.0 Å². The van der Waals surface area contributed by atoms with Crippen molar-refractivity contribution in [3.63, 3.8) is 0 Å². The zero-order valence-electron chi connectivity index (χ0n) is 9.77. The third-order valence-electron chi connectivity index (χ3n) is 3.42. The second kappa shape index (κ2) is 4.69. The molecule has 0 aromatic heterocycles. The molecule has 0 radical (unpaired) electrons. The van der Waals surface area contributed by atoms with Gasteiger partial charge in [-0.2, -0.15) is 13.2 Å². The highest BCUT2D eigenvalue weighted by Gasteiger charge is 2.33. The fourth-order valence-corrected chi connectivity index (χ4v) is 2.52. The monoisotopic (exact) mass is 243 g/mol. The van der Waals surface area contributed by atoms with Gasteiger partial charge in [-0.25, -0.2) is 0 Å². The van der Waals surface area contributed by atoms with Gasteiger partial charge in [-0.05, 0) is 49.4 Å². The van der Waals surface area contributed by atoms with Crippen LogP contribution in [0, 0.1) is 6.92 Å². The van der Waals surface area contributed by atoms with E-state index in [1.165, 1.54) is 6.07 Å². The van der Waals surface area contributed by atoms with Crippen molar-refractivity contribution in [1.82, 2.24) is 5.32 Å². The fraction of sp³-hybridized carbons (Fsp3) is 0.538. The van der Waals surface area contributed by atoms with E-state index in [0.29, 0.717) is 5.56 Å². The van der Waals surface area contributed by atoms with E-state index in [1.807, 2.05) is 6.07 Å². The lowest BCUT2D eigenvalue weighted by molar-refractivity contribution is -0.138. The van der Waals surface area contributed by atoms with Crippen molar-refractivity contribution < 1.29 is 13.2 Å². The third-order valence-corrected chi connectivity index (χ3v) is 3.42. The highest BCUT2D eigenvalue weighted by atomic mass is 19.4. The predicted octanol–water partition coefficient (Wildman–Crippen LogP) is 3.48. The van der Waals surface area contributed by atoms with Crippen LogP contribution in [0.15, 0.2) is 18.2 Å². The minimum absolute atomic E-state index is 0.214. The van der Waals surface area contributed by atoms with Gasteiger partial charge in [-0.15, -0.1) is 0 Å². The summed E-state index contributed by atoms with van der Waals surface area (Å²) in [5, 5.41) is 3.24. The molecule has 4 heteroatoms. The van der Waals surface area contributed by atoms with Crippen LogP contribution < -0.4 is 5.32 Å². The number of rotatable bonds is 1. The normalized spacial score (nSPS) is 21.5. The van der Waals surface area contributed by atoms with Crippen molar-refractivity contribution in [2.45, 2.75) is 31.9 Å². The highest BCUT2D eigenvalue weighted by Crippen LogP contribution is 2.36. The van der Waals surface area contributed by atoms with Crippen molar-refractivity contribution in [1.29, 1.82) is 0 Å². The number of hydrogen-bond acceptors (Lipinski definition) is 1. The number of benzene rings is 1. The Hall–Kier alpha value is -1.03.